The molecule has 1 heterocycles. The molecule has 0 saturated heterocycles. The Morgan fingerprint density at radius 2 is 1.83 bits per heavy atom. The number of benzene rings is 2. The van der Waals surface area contributed by atoms with Crippen molar-refractivity contribution in [2.75, 3.05) is 5.32 Å². The van der Waals surface area contributed by atoms with E-state index in [0.29, 0.717) is 0 Å². The van der Waals surface area contributed by atoms with Crippen molar-refractivity contribution in [1.29, 1.82) is 0 Å². The number of aromatic amines is 1. The molecule has 0 bridgehead atoms. The molecule has 0 aliphatic heterocycles. The molecule has 0 atom stereocenters. The number of aromatic nitrogens is 1. The van der Waals surface area contributed by atoms with E-state index < -0.39 is 0 Å². The lowest BCUT2D eigenvalue weighted by atomic mass is 10.0. The van der Waals surface area contributed by atoms with Crippen LogP contribution in [0.3, 0.4) is 0 Å². The zero-order chi connectivity index (χ0) is 16.2. The van der Waals surface area contributed by atoms with Gasteiger partial charge in [0.2, 0.25) is 5.91 Å². The third-order valence-electron chi connectivity index (χ3n) is 4.33. The Hall–Kier alpha value is -2.55. The summed E-state index contributed by atoms with van der Waals surface area (Å²) in [5, 5.41) is 4.22. The van der Waals surface area contributed by atoms with E-state index in [1.165, 1.54) is 5.39 Å². The lowest BCUT2D eigenvalue weighted by Gasteiger charge is -2.13. The lowest BCUT2D eigenvalue weighted by Crippen LogP contribution is -2.21. The minimum atomic E-state index is 0.0757. The maximum atomic E-state index is 12.2. The lowest BCUT2D eigenvalue weighted by molar-refractivity contribution is -0.120. The van der Waals surface area contributed by atoms with Crippen molar-refractivity contribution >= 4 is 22.5 Å². The van der Waals surface area contributed by atoms with Gasteiger partial charge in [-0.3, -0.25) is 4.79 Å². The van der Waals surface area contributed by atoms with E-state index in [2.05, 4.69) is 48.4 Å². The Morgan fingerprint density at radius 3 is 2.57 bits per heavy atom. The van der Waals surface area contributed by atoms with E-state index in [0.717, 1.165) is 35.3 Å². The summed E-state index contributed by atoms with van der Waals surface area (Å²) in [7, 11) is 0. The maximum absolute atomic E-state index is 12.2. The summed E-state index contributed by atoms with van der Waals surface area (Å²) in [6.07, 6.45) is 1.73. The third-order valence-corrected chi connectivity index (χ3v) is 4.33. The summed E-state index contributed by atoms with van der Waals surface area (Å²) >= 11 is 0. The molecule has 1 amide bonds. The van der Waals surface area contributed by atoms with Gasteiger partial charge in [0.25, 0.3) is 0 Å². The van der Waals surface area contributed by atoms with Gasteiger partial charge in [-0.05, 0) is 37.1 Å². The van der Waals surface area contributed by atoms with Crippen molar-refractivity contribution in [3.05, 3.63) is 54.6 Å². The van der Waals surface area contributed by atoms with Gasteiger partial charge in [0.15, 0.2) is 0 Å². The average molecular weight is 306 g/mol. The number of hydrogen-bond acceptors (Lipinski definition) is 1. The van der Waals surface area contributed by atoms with Crippen LogP contribution in [0.2, 0.25) is 0 Å². The number of carbonyl (C=O) groups excluding carboxylic acids is 1. The molecule has 3 aromatic rings. The van der Waals surface area contributed by atoms with Gasteiger partial charge < -0.3 is 10.3 Å². The van der Waals surface area contributed by atoms with Gasteiger partial charge in [-0.15, -0.1) is 0 Å². The number of hydrogen-bond donors (Lipinski definition) is 2. The molecule has 2 N–H and O–H groups in total. The fraction of sp³-hybridized carbons (Fsp3) is 0.250. The largest absolute Gasteiger partial charge is 0.355 e. The van der Waals surface area contributed by atoms with Crippen LogP contribution in [-0.4, -0.2) is 10.9 Å². The fourth-order valence-corrected chi connectivity index (χ4v) is 2.90. The quantitative estimate of drug-likeness (QED) is 0.667. The maximum Gasteiger partial charge on any atom is 0.227 e. The van der Waals surface area contributed by atoms with Crippen molar-refractivity contribution in [1.82, 2.24) is 4.98 Å². The zero-order valence-corrected chi connectivity index (χ0v) is 13.6. The van der Waals surface area contributed by atoms with Crippen LogP contribution in [-0.2, 0) is 4.79 Å². The highest BCUT2D eigenvalue weighted by molar-refractivity contribution is 5.93. The minimum absolute atomic E-state index is 0.0757. The number of rotatable bonds is 5. The number of amides is 1. The molecule has 2 aromatic carbocycles. The number of H-pyrrole nitrogens is 1. The van der Waals surface area contributed by atoms with E-state index >= 15 is 0 Å². The van der Waals surface area contributed by atoms with E-state index in [9.17, 15) is 4.79 Å². The Bertz CT molecular complexity index is 782. The number of anilines is 1. The van der Waals surface area contributed by atoms with Crippen LogP contribution in [0.1, 0.15) is 26.7 Å². The topological polar surface area (TPSA) is 44.9 Å². The summed E-state index contributed by atoms with van der Waals surface area (Å²) in [5.41, 5.74) is 4.10. The molecule has 0 saturated carbocycles. The Labute approximate surface area is 136 Å². The van der Waals surface area contributed by atoms with E-state index in [1.807, 2.05) is 30.3 Å². The molecule has 118 valence electrons. The van der Waals surface area contributed by atoms with Gasteiger partial charge in [0.1, 0.15) is 0 Å². The summed E-state index contributed by atoms with van der Waals surface area (Å²) in [6, 6.07) is 18.3. The van der Waals surface area contributed by atoms with Crippen molar-refractivity contribution < 1.29 is 4.79 Å². The SMILES string of the molecule is CCC(CC)C(=O)Nc1cccc(-c2cc3ccccc3[nH]2)c1. The molecule has 0 aliphatic carbocycles. The minimum Gasteiger partial charge on any atom is -0.355 e. The molecular formula is C20H22N2O. The van der Waals surface area contributed by atoms with Crippen molar-refractivity contribution in [2.45, 2.75) is 26.7 Å². The van der Waals surface area contributed by atoms with Gasteiger partial charge in [0, 0.05) is 33.8 Å². The van der Waals surface area contributed by atoms with Crippen molar-refractivity contribution in [3.8, 4) is 11.3 Å². The average Bonchev–Trinajstić information content (AvgIpc) is 3.00. The third kappa shape index (κ3) is 3.29. The predicted molar refractivity (Wildman–Crippen MR) is 96.4 cm³/mol. The first kappa shape index (κ1) is 15.3. The van der Waals surface area contributed by atoms with E-state index in [4.69, 9.17) is 0 Å². The van der Waals surface area contributed by atoms with E-state index in [-0.39, 0.29) is 11.8 Å². The van der Waals surface area contributed by atoms with E-state index in [1.54, 1.807) is 0 Å². The van der Waals surface area contributed by atoms with Crippen LogP contribution in [0.15, 0.2) is 54.6 Å². The Balaban J connectivity index is 1.86. The Kier molecular flexibility index (Phi) is 4.47. The molecule has 0 aliphatic rings. The number of carbonyl (C=O) groups is 1. The van der Waals surface area contributed by atoms with Gasteiger partial charge >= 0.3 is 0 Å². The molecule has 0 spiro atoms. The molecule has 0 unspecified atom stereocenters. The number of fused-ring (bicyclic) bond motifs is 1. The fourth-order valence-electron chi connectivity index (χ4n) is 2.90. The summed E-state index contributed by atoms with van der Waals surface area (Å²) in [6.45, 7) is 4.10. The van der Waals surface area contributed by atoms with Crippen LogP contribution in [0, 0.1) is 5.92 Å². The normalized spacial score (nSPS) is 11.1. The molecular weight excluding hydrogens is 284 g/mol. The van der Waals surface area contributed by atoms with Crippen molar-refractivity contribution in [2.24, 2.45) is 5.92 Å². The second kappa shape index (κ2) is 6.69. The predicted octanol–water partition coefficient (Wildman–Crippen LogP) is 5.21. The van der Waals surface area contributed by atoms with Crippen LogP contribution in [0.25, 0.3) is 22.2 Å². The first-order valence-electron chi connectivity index (χ1n) is 8.20. The molecule has 3 heteroatoms. The highest BCUT2D eigenvalue weighted by Gasteiger charge is 2.14. The second-order valence-corrected chi connectivity index (χ2v) is 5.85. The van der Waals surface area contributed by atoms with Crippen LogP contribution in [0.4, 0.5) is 5.69 Å². The molecule has 23 heavy (non-hydrogen) atoms. The standard InChI is InChI=1S/C20H22N2O/c1-3-14(4-2)20(23)21-17-10-7-9-15(12-17)19-13-16-8-5-6-11-18(16)22-19/h5-14,22H,3-4H2,1-2H3,(H,21,23). The van der Waals surface area contributed by atoms with Crippen LogP contribution in [0.5, 0.6) is 0 Å². The summed E-state index contributed by atoms with van der Waals surface area (Å²) < 4.78 is 0. The zero-order valence-electron chi connectivity index (χ0n) is 13.6. The molecule has 0 fully saturated rings. The Morgan fingerprint density at radius 1 is 1.04 bits per heavy atom. The molecule has 3 nitrogen and oxygen atoms in total. The second-order valence-electron chi connectivity index (χ2n) is 5.85. The van der Waals surface area contributed by atoms with Crippen LogP contribution >= 0.6 is 0 Å². The van der Waals surface area contributed by atoms with Gasteiger partial charge in [0.05, 0.1) is 0 Å². The first-order chi connectivity index (χ1) is 11.2. The van der Waals surface area contributed by atoms with Gasteiger partial charge in [-0.1, -0.05) is 44.2 Å². The number of nitrogens with one attached hydrogen (secondary N) is 2. The molecule has 3 rings (SSSR count). The monoisotopic (exact) mass is 306 g/mol. The molecule has 0 radical (unpaired) electrons. The van der Waals surface area contributed by atoms with Gasteiger partial charge in [-0.2, -0.15) is 0 Å². The van der Waals surface area contributed by atoms with Crippen molar-refractivity contribution in [3.63, 3.8) is 0 Å². The number of para-hydroxylation sites is 1. The first-order valence-corrected chi connectivity index (χ1v) is 8.20. The van der Waals surface area contributed by atoms with Crippen LogP contribution < -0.4 is 5.32 Å². The van der Waals surface area contributed by atoms with Gasteiger partial charge in [-0.25, -0.2) is 0 Å². The highest BCUT2D eigenvalue weighted by atomic mass is 16.1. The summed E-state index contributed by atoms with van der Waals surface area (Å²) in [5.74, 6) is 0.176. The smallest absolute Gasteiger partial charge is 0.227 e. The molecule has 1 aromatic heterocycles. The summed E-state index contributed by atoms with van der Waals surface area (Å²) in [4.78, 5) is 15.7. The highest BCUT2D eigenvalue weighted by Crippen LogP contribution is 2.26.